The van der Waals surface area contributed by atoms with Crippen LogP contribution >= 0.6 is 0 Å². The molecule has 0 spiro atoms. The summed E-state index contributed by atoms with van der Waals surface area (Å²) < 4.78 is 10.4. The first-order valence-electron chi connectivity index (χ1n) is 9.23. The molecule has 1 atom stereocenters. The molecule has 0 saturated heterocycles. The minimum absolute atomic E-state index is 0.0157. The number of benzene rings is 2. The van der Waals surface area contributed by atoms with Gasteiger partial charge in [-0.1, -0.05) is 42.0 Å². The molecule has 5 heteroatoms. The van der Waals surface area contributed by atoms with E-state index in [9.17, 15) is 9.59 Å². The second kappa shape index (κ2) is 8.71. The molecular weight excluding hydrogens is 342 g/mol. The van der Waals surface area contributed by atoms with Gasteiger partial charge in [-0.2, -0.15) is 0 Å². The fraction of sp³-hybridized carbons (Fsp3) is 0.364. The Morgan fingerprint density at radius 3 is 2.81 bits per heavy atom. The predicted molar refractivity (Wildman–Crippen MR) is 103 cm³/mol. The Bertz CT molecular complexity index is 831. The fourth-order valence-electron chi connectivity index (χ4n) is 3.54. The zero-order valence-electron chi connectivity index (χ0n) is 15.8. The first kappa shape index (κ1) is 19.0. The number of carbonyl (C=O) groups is 2. The molecule has 27 heavy (non-hydrogen) atoms. The SMILES string of the molecule is COc1ccc(C)cc1CC(=O)OCC(=O)N[C@H]1CCCc2ccccc21. The Balaban J connectivity index is 1.53. The second-order valence-electron chi connectivity index (χ2n) is 6.86. The maximum Gasteiger partial charge on any atom is 0.310 e. The molecule has 5 nitrogen and oxygen atoms in total. The first-order valence-corrected chi connectivity index (χ1v) is 9.23. The van der Waals surface area contributed by atoms with Crippen LogP contribution in [0, 0.1) is 6.92 Å². The van der Waals surface area contributed by atoms with Crippen molar-refractivity contribution >= 4 is 11.9 Å². The third-order valence-corrected chi connectivity index (χ3v) is 4.84. The predicted octanol–water partition coefficient (Wildman–Crippen LogP) is 3.28. The van der Waals surface area contributed by atoms with Crippen molar-refractivity contribution in [2.75, 3.05) is 13.7 Å². The van der Waals surface area contributed by atoms with Crippen LogP contribution in [0.15, 0.2) is 42.5 Å². The number of rotatable bonds is 6. The van der Waals surface area contributed by atoms with E-state index in [0.717, 1.165) is 36.0 Å². The van der Waals surface area contributed by atoms with Gasteiger partial charge in [0, 0.05) is 5.56 Å². The molecule has 3 rings (SSSR count). The van der Waals surface area contributed by atoms with Crippen LogP contribution in [0.25, 0.3) is 0 Å². The average Bonchev–Trinajstić information content (AvgIpc) is 2.67. The summed E-state index contributed by atoms with van der Waals surface area (Å²) in [7, 11) is 1.56. The molecule has 2 aromatic carbocycles. The summed E-state index contributed by atoms with van der Waals surface area (Å²) in [5.74, 6) is -0.0832. The summed E-state index contributed by atoms with van der Waals surface area (Å²) in [5.41, 5.74) is 4.22. The maximum atomic E-state index is 12.2. The van der Waals surface area contributed by atoms with Crippen molar-refractivity contribution in [1.29, 1.82) is 0 Å². The van der Waals surface area contributed by atoms with E-state index in [1.54, 1.807) is 7.11 Å². The lowest BCUT2D eigenvalue weighted by molar-refractivity contribution is -0.148. The molecule has 1 aliphatic rings. The van der Waals surface area contributed by atoms with Gasteiger partial charge in [0.2, 0.25) is 0 Å². The molecule has 0 fully saturated rings. The number of methoxy groups -OCH3 is 1. The average molecular weight is 367 g/mol. The highest BCUT2D eigenvalue weighted by atomic mass is 16.5. The van der Waals surface area contributed by atoms with Gasteiger partial charge in [-0.3, -0.25) is 9.59 Å². The van der Waals surface area contributed by atoms with Crippen molar-refractivity contribution in [1.82, 2.24) is 5.32 Å². The number of hydrogen-bond acceptors (Lipinski definition) is 4. The van der Waals surface area contributed by atoms with Crippen molar-refractivity contribution in [3.63, 3.8) is 0 Å². The number of aryl methyl sites for hydroxylation is 2. The lowest BCUT2D eigenvalue weighted by Crippen LogP contribution is -2.34. The van der Waals surface area contributed by atoms with Crippen LogP contribution < -0.4 is 10.1 Å². The van der Waals surface area contributed by atoms with E-state index in [-0.39, 0.29) is 25.0 Å². The highest BCUT2D eigenvalue weighted by Crippen LogP contribution is 2.29. The minimum Gasteiger partial charge on any atom is -0.496 e. The van der Waals surface area contributed by atoms with Crippen LogP contribution in [0.2, 0.25) is 0 Å². The van der Waals surface area contributed by atoms with E-state index in [1.807, 2.05) is 37.3 Å². The summed E-state index contributed by atoms with van der Waals surface area (Å²) in [5, 5.41) is 2.99. The number of nitrogens with one attached hydrogen (secondary N) is 1. The quantitative estimate of drug-likeness (QED) is 0.796. The van der Waals surface area contributed by atoms with Crippen LogP contribution in [0.1, 0.15) is 41.1 Å². The number of fused-ring (bicyclic) bond motifs is 1. The van der Waals surface area contributed by atoms with Crippen LogP contribution in [-0.4, -0.2) is 25.6 Å². The second-order valence-corrected chi connectivity index (χ2v) is 6.86. The third-order valence-electron chi connectivity index (χ3n) is 4.84. The molecule has 1 N–H and O–H groups in total. The zero-order chi connectivity index (χ0) is 19.2. The standard InChI is InChI=1S/C22H25NO4/c1-15-10-11-20(26-2)17(12-15)13-22(25)27-14-21(24)23-19-9-5-7-16-6-3-4-8-18(16)19/h3-4,6,8,10-12,19H,5,7,9,13-14H2,1-2H3,(H,23,24)/t19-/m0/s1. The smallest absolute Gasteiger partial charge is 0.310 e. The molecule has 0 unspecified atom stereocenters. The van der Waals surface area contributed by atoms with E-state index in [2.05, 4.69) is 17.4 Å². The molecule has 1 aliphatic carbocycles. The summed E-state index contributed by atoms with van der Waals surface area (Å²) in [6.45, 7) is 1.68. The number of ether oxygens (including phenoxy) is 2. The van der Waals surface area contributed by atoms with E-state index in [4.69, 9.17) is 9.47 Å². The van der Waals surface area contributed by atoms with E-state index >= 15 is 0 Å². The summed E-state index contributed by atoms with van der Waals surface area (Å²) >= 11 is 0. The monoisotopic (exact) mass is 367 g/mol. The fourth-order valence-corrected chi connectivity index (χ4v) is 3.54. The van der Waals surface area contributed by atoms with Gasteiger partial charge in [0.05, 0.1) is 19.6 Å². The van der Waals surface area contributed by atoms with Gasteiger partial charge in [0.25, 0.3) is 5.91 Å². The highest BCUT2D eigenvalue weighted by Gasteiger charge is 2.22. The highest BCUT2D eigenvalue weighted by molar-refractivity contribution is 5.81. The minimum atomic E-state index is -0.446. The van der Waals surface area contributed by atoms with Gasteiger partial charge in [-0.05, 0) is 43.4 Å². The van der Waals surface area contributed by atoms with Crippen LogP contribution in [0.4, 0.5) is 0 Å². The largest absolute Gasteiger partial charge is 0.496 e. The van der Waals surface area contributed by atoms with Gasteiger partial charge in [-0.25, -0.2) is 0 Å². The van der Waals surface area contributed by atoms with Crippen LogP contribution in [-0.2, 0) is 27.2 Å². The molecule has 0 heterocycles. The van der Waals surface area contributed by atoms with Gasteiger partial charge in [0.1, 0.15) is 5.75 Å². The molecule has 0 aromatic heterocycles. The van der Waals surface area contributed by atoms with Crippen molar-refractivity contribution in [2.45, 2.75) is 38.6 Å². The zero-order valence-corrected chi connectivity index (χ0v) is 15.8. The number of esters is 1. The maximum absolute atomic E-state index is 12.2. The summed E-state index contributed by atoms with van der Waals surface area (Å²) in [6, 6.07) is 13.8. The van der Waals surface area contributed by atoms with E-state index < -0.39 is 5.97 Å². The van der Waals surface area contributed by atoms with Gasteiger partial charge in [0.15, 0.2) is 6.61 Å². The van der Waals surface area contributed by atoms with Crippen LogP contribution in [0.5, 0.6) is 5.75 Å². The molecular formula is C22H25NO4. The van der Waals surface area contributed by atoms with Crippen molar-refractivity contribution in [3.05, 3.63) is 64.7 Å². The van der Waals surface area contributed by atoms with Crippen LogP contribution in [0.3, 0.4) is 0 Å². The number of amides is 1. The third kappa shape index (κ3) is 4.88. The Hall–Kier alpha value is -2.82. The topological polar surface area (TPSA) is 64.6 Å². The number of hydrogen-bond donors (Lipinski definition) is 1. The van der Waals surface area contributed by atoms with Gasteiger partial charge < -0.3 is 14.8 Å². The molecule has 0 bridgehead atoms. The first-order chi connectivity index (χ1) is 13.1. The van der Waals surface area contributed by atoms with Crippen molar-refractivity contribution < 1.29 is 19.1 Å². The number of carbonyl (C=O) groups excluding carboxylic acids is 2. The summed E-state index contributed by atoms with van der Waals surface area (Å²) in [4.78, 5) is 24.4. The molecule has 2 aromatic rings. The van der Waals surface area contributed by atoms with E-state index in [0.29, 0.717) is 5.75 Å². The lowest BCUT2D eigenvalue weighted by atomic mass is 9.88. The molecule has 0 saturated carbocycles. The van der Waals surface area contributed by atoms with Gasteiger partial charge >= 0.3 is 5.97 Å². The summed E-state index contributed by atoms with van der Waals surface area (Å²) in [6.07, 6.45) is 3.05. The lowest BCUT2D eigenvalue weighted by Gasteiger charge is -2.26. The molecule has 1 amide bonds. The Morgan fingerprint density at radius 1 is 1.19 bits per heavy atom. The van der Waals surface area contributed by atoms with Crippen molar-refractivity contribution in [3.8, 4) is 5.75 Å². The Kier molecular flexibility index (Phi) is 6.12. The molecule has 142 valence electrons. The van der Waals surface area contributed by atoms with Gasteiger partial charge in [-0.15, -0.1) is 0 Å². The van der Waals surface area contributed by atoms with Crippen molar-refractivity contribution in [2.24, 2.45) is 0 Å². The Morgan fingerprint density at radius 2 is 2.00 bits per heavy atom. The Labute approximate surface area is 159 Å². The normalized spacial score (nSPS) is 15.6. The molecule has 0 radical (unpaired) electrons. The molecule has 0 aliphatic heterocycles. The van der Waals surface area contributed by atoms with E-state index in [1.165, 1.54) is 5.56 Å².